The summed E-state index contributed by atoms with van der Waals surface area (Å²) in [7, 11) is 1.58. The zero-order valence-electron chi connectivity index (χ0n) is 16.9. The smallest absolute Gasteiger partial charge is 0.229 e. The summed E-state index contributed by atoms with van der Waals surface area (Å²) in [5, 5.41) is 49.2. The first-order valence-electron chi connectivity index (χ1n) is 9.80. The van der Waals surface area contributed by atoms with E-state index < -0.39 is 37.3 Å². The maximum absolute atomic E-state index is 12.5. The van der Waals surface area contributed by atoms with E-state index in [2.05, 4.69) is 0 Å². The minimum atomic E-state index is -1.58. The Balaban J connectivity index is 1.63. The van der Waals surface area contributed by atoms with Crippen molar-refractivity contribution in [1.29, 1.82) is 0 Å². The number of ether oxygens (including phenoxy) is 3. The van der Waals surface area contributed by atoms with Gasteiger partial charge in [-0.05, 0) is 36.2 Å². The Bertz CT molecular complexity index is 881. The third-order valence-electron chi connectivity index (χ3n) is 5.17. The van der Waals surface area contributed by atoms with Gasteiger partial charge in [-0.25, -0.2) is 0 Å². The number of carbonyl (C=O) groups excluding carboxylic acids is 1. The Hall–Kier alpha value is -2.69. The average molecular weight is 434 g/mol. The fourth-order valence-electron chi connectivity index (χ4n) is 3.30. The summed E-state index contributed by atoms with van der Waals surface area (Å²) < 4.78 is 15.8. The number of aliphatic hydroxyl groups excluding tert-OH is 4. The fourth-order valence-corrected chi connectivity index (χ4v) is 3.30. The fraction of sp³-hybridized carbons (Fsp3) is 0.409. The Morgan fingerprint density at radius 2 is 1.68 bits per heavy atom. The van der Waals surface area contributed by atoms with Crippen molar-refractivity contribution in [2.45, 2.75) is 43.5 Å². The maximum Gasteiger partial charge on any atom is 0.229 e. The topological polar surface area (TPSA) is 146 Å². The second-order valence-corrected chi connectivity index (χ2v) is 7.27. The summed E-state index contributed by atoms with van der Waals surface area (Å²) >= 11 is 0. The molecule has 31 heavy (non-hydrogen) atoms. The quantitative estimate of drug-likeness (QED) is 0.373. The van der Waals surface area contributed by atoms with Gasteiger partial charge in [0, 0.05) is 12.5 Å². The zero-order valence-corrected chi connectivity index (χ0v) is 16.9. The number of aryl methyl sites for hydroxylation is 1. The molecule has 0 aromatic heterocycles. The van der Waals surface area contributed by atoms with Crippen LogP contribution in [0.1, 0.15) is 22.3 Å². The van der Waals surface area contributed by atoms with Gasteiger partial charge in [0.05, 0.1) is 19.3 Å². The van der Waals surface area contributed by atoms with Crippen LogP contribution < -0.4 is 9.47 Å². The van der Waals surface area contributed by atoms with Crippen molar-refractivity contribution >= 4 is 5.78 Å². The number of phenols is 1. The van der Waals surface area contributed by atoms with Gasteiger partial charge in [0.1, 0.15) is 41.7 Å². The van der Waals surface area contributed by atoms with E-state index in [9.17, 15) is 30.3 Å². The van der Waals surface area contributed by atoms with Gasteiger partial charge in [-0.3, -0.25) is 4.79 Å². The third kappa shape index (κ3) is 5.33. The van der Waals surface area contributed by atoms with Crippen molar-refractivity contribution in [3.05, 3.63) is 53.6 Å². The van der Waals surface area contributed by atoms with Crippen LogP contribution >= 0.6 is 0 Å². The van der Waals surface area contributed by atoms with Crippen LogP contribution in [0.15, 0.2) is 42.5 Å². The molecule has 1 fully saturated rings. The van der Waals surface area contributed by atoms with Crippen LogP contribution in [0.4, 0.5) is 0 Å². The lowest BCUT2D eigenvalue weighted by molar-refractivity contribution is -0.277. The van der Waals surface area contributed by atoms with Crippen molar-refractivity contribution in [1.82, 2.24) is 0 Å². The number of carbonyl (C=O) groups is 1. The van der Waals surface area contributed by atoms with E-state index in [0.717, 1.165) is 11.3 Å². The third-order valence-corrected chi connectivity index (χ3v) is 5.17. The normalized spacial score (nSPS) is 25.8. The van der Waals surface area contributed by atoms with Gasteiger partial charge in [0.2, 0.25) is 6.29 Å². The first-order chi connectivity index (χ1) is 14.8. The summed E-state index contributed by atoms with van der Waals surface area (Å²) in [5.41, 5.74) is 1.07. The lowest BCUT2D eigenvalue weighted by Gasteiger charge is -2.39. The van der Waals surface area contributed by atoms with Crippen molar-refractivity contribution < 1.29 is 44.5 Å². The van der Waals surface area contributed by atoms with Gasteiger partial charge in [-0.1, -0.05) is 12.1 Å². The minimum Gasteiger partial charge on any atom is -0.507 e. The summed E-state index contributed by atoms with van der Waals surface area (Å²) in [6.45, 7) is -0.586. The Morgan fingerprint density at radius 1 is 1.00 bits per heavy atom. The number of aromatic hydroxyl groups is 1. The van der Waals surface area contributed by atoms with Crippen LogP contribution in [0.2, 0.25) is 0 Å². The van der Waals surface area contributed by atoms with Gasteiger partial charge < -0.3 is 39.7 Å². The molecule has 168 valence electrons. The highest BCUT2D eigenvalue weighted by molar-refractivity contribution is 5.98. The molecule has 9 heteroatoms. The Morgan fingerprint density at radius 3 is 2.29 bits per heavy atom. The lowest BCUT2D eigenvalue weighted by atomic mass is 9.99. The van der Waals surface area contributed by atoms with E-state index >= 15 is 0 Å². The molecule has 1 aliphatic heterocycles. The molecule has 1 saturated heterocycles. The molecule has 9 nitrogen and oxygen atoms in total. The van der Waals surface area contributed by atoms with Crippen LogP contribution in [0.3, 0.4) is 0 Å². The highest BCUT2D eigenvalue weighted by atomic mass is 16.7. The molecule has 1 aliphatic rings. The van der Waals surface area contributed by atoms with Crippen molar-refractivity contribution in [3.63, 3.8) is 0 Å². The van der Waals surface area contributed by atoms with Crippen LogP contribution in [0.5, 0.6) is 17.2 Å². The molecule has 2 aromatic rings. The van der Waals surface area contributed by atoms with Crippen LogP contribution in [-0.2, 0) is 11.2 Å². The molecule has 0 saturated carbocycles. The molecule has 0 aliphatic carbocycles. The molecule has 5 N–H and O–H groups in total. The zero-order chi connectivity index (χ0) is 22.5. The summed E-state index contributed by atoms with van der Waals surface area (Å²) in [5.74, 6) is 0.241. The molecule has 0 bridgehead atoms. The summed E-state index contributed by atoms with van der Waals surface area (Å²) in [6.07, 6.45) is -6.48. The van der Waals surface area contributed by atoms with Crippen molar-refractivity contribution in [3.8, 4) is 17.2 Å². The molecule has 0 amide bonds. The second-order valence-electron chi connectivity index (χ2n) is 7.27. The first kappa shape index (κ1) is 23.0. The SMILES string of the molecule is COc1ccc(CCC(=O)c2ccc(O[C@H]3O[C@H](CO)[C@@H](O)[C@H](O)[C@H]3O)cc2O)cc1. The molecule has 1 heterocycles. The van der Waals surface area contributed by atoms with E-state index in [-0.39, 0.29) is 29.3 Å². The number of phenolic OH excluding ortho intramolecular Hbond substituents is 1. The number of benzene rings is 2. The van der Waals surface area contributed by atoms with E-state index in [1.165, 1.54) is 18.2 Å². The number of hydrogen-bond acceptors (Lipinski definition) is 9. The van der Waals surface area contributed by atoms with E-state index in [1.807, 2.05) is 24.3 Å². The van der Waals surface area contributed by atoms with E-state index in [0.29, 0.717) is 6.42 Å². The Kier molecular flexibility index (Phi) is 7.47. The van der Waals surface area contributed by atoms with Crippen molar-refractivity contribution in [2.75, 3.05) is 13.7 Å². The molecule has 3 rings (SSSR count). The highest BCUT2D eigenvalue weighted by Crippen LogP contribution is 2.29. The molecule has 2 aromatic carbocycles. The van der Waals surface area contributed by atoms with Gasteiger partial charge >= 0.3 is 0 Å². The molecule has 0 radical (unpaired) electrons. The van der Waals surface area contributed by atoms with Gasteiger partial charge in [-0.15, -0.1) is 0 Å². The van der Waals surface area contributed by atoms with E-state index in [1.54, 1.807) is 7.11 Å². The standard InChI is InChI=1S/C22H26O9/c1-29-13-5-2-12(3-6-13)4-9-16(24)15-8-7-14(10-17(15)25)30-22-21(28)20(27)19(26)18(11-23)31-22/h2-3,5-8,10,18-23,25-28H,4,9,11H2,1H3/t18-,19-,20+,21-,22+/m1/s1. The van der Waals surface area contributed by atoms with Crippen LogP contribution in [-0.4, -0.2) is 75.7 Å². The van der Waals surface area contributed by atoms with Crippen LogP contribution in [0.25, 0.3) is 0 Å². The number of hydrogen-bond donors (Lipinski definition) is 5. The van der Waals surface area contributed by atoms with Gasteiger partial charge in [0.15, 0.2) is 5.78 Å². The van der Waals surface area contributed by atoms with Crippen molar-refractivity contribution in [2.24, 2.45) is 0 Å². The second kappa shape index (κ2) is 10.1. The maximum atomic E-state index is 12.5. The van der Waals surface area contributed by atoms with E-state index in [4.69, 9.17) is 14.2 Å². The molecular weight excluding hydrogens is 408 g/mol. The number of aliphatic hydroxyl groups is 4. The van der Waals surface area contributed by atoms with Gasteiger partial charge in [0.25, 0.3) is 0 Å². The number of methoxy groups -OCH3 is 1. The summed E-state index contributed by atoms with van der Waals surface area (Å²) in [6, 6.07) is 11.4. The first-order valence-corrected chi connectivity index (χ1v) is 9.80. The number of rotatable bonds is 8. The number of Topliss-reactive ketones (excluding diaryl/α,β-unsaturated/α-hetero) is 1. The molecule has 0 spiro atoms. The minimum absolute atomic E-state index is 0.0773. The van der Waals surface area contributed by atoms with Crippen LogP contribution in [0, 0.1) is 0 Å². The predicted molar refractivity (Wildman–Crippen MR) is 108 cm³/mol. The number of ketones is 1. The average Bonchev–Trinajstić information content (AvgIpc) is 2.78. The summed E-state index contributed by atoms with van der Waals surface area (Å²) in [4.78, 5) is 12.5. The molecule has 5 atom stereocenters. The molecule has 0 unspecified atom stereocenters. The van der Waals surface area contributed by atoms with Gasteiger partial charge in [-0.2, -0.15) is 0 Å². The predicted octanol–water partition coefficient (Wildman–Crippen LogP) is 0.395. The largest absolute Gasteiger partial charge is 0.507 e. The monoisotopic (exact) mass is 434 g/mol. The highest BCUT2D eigenvalue weighted by Gasteiger charge is 2.44. The molecular formula is C22H26O9. The Labute approximate surface area is 179 Å². The lowest BCUT2D eigenvalue weighted by Crippen LogP contribution is -2.60.